The smallest absolute Gasteiger partial charge is 0.155 e. The van der Waals surface area contributed by atoms with E-state index < -0.39 is 0 Å². The van der Waals surface area contributed by atoms with Gasteiger partial charge in [0.05, 0.1) is 5.69 Å². The van der Waals surface area contributed by atoms with Crippen LogP contribution in [0, 0.1) is 0 Å². The van der Waals surface area contributed by atoms with Crippen LogP contribution in [-0.2, 0) is 0 Å². The molecular formula is C12H13N3. The third kappa shape index (κ3) is 1.91. The van der Waals surface area contributed by atoms with Crippen molar-refractivity contribution >= 4 is 17.2 Å². The lowest BCUT2D eigenvalue weighted by Gasteiger charge is -2.19. The van der Waals surface area contributed by atoms with Gasteiger partial charge < -0.3 is 10.6 Å². The lowest BCUT2D eigenvalue weighted by atomic mass is 10.3. The number of pyridine rings is 1. The third-order valence-corrected chi connectivity index (χ3v) is 2.28. The Kier molecular flexibility index (Phi) is 2.54. The number of benzene rings is 1. The molecule has 0 unspecified atom stereocenters. The van der Waals surface area contributed by atoms with E-state index in [9.17, 15) is 0 Å². The molecular weight excluding hydrogens is 186 g/mol. The van der Waals surface area contributed by atoms with Crippen LogP contribution in [0.25, 0.3) is 0 Å². The Morgan fingerprint density at radius 3 is 2.47 bits per heavy atom. The first-order valence-corrected chi connectivity index (χ1v) is 4.78. The highest BCUT2D eigenvalue weighted by molar-refractivity contribution is 5.70. The fourth-order valence-electron chi connectivity index (χ4n) is 1.46. The van der Waals surface area contributed by atoms with Crippen molar-refractivity contribution in [1.29, 1.82) is 0 Å². The number of nitrogen functional groups attached to an aromatic ring is 1. The molecule has 2 rings (SSSR count). The third-order valence-electron chi connectivity index (χ3n) is 2.28. The molecule has 0 amide bonds. The van der Waals surface area contributed by atoms with E-state index in [1.807, 2.05) is 54.4 Å². The maximum absolute atomic E-state index is 5.85. The van der Waals surface area contributed by atoms with Crippen molar-refractivity contribution in [3.63, 3.8) is 0 Å². The molecule has 0 aliphatic rings. The van der Waals surface area contributed by atoms with Crippen LogP contribution in [-0.4, -0.2) is 12.0 Å². The van der Waals surface area contributed by atoms with E-state index in [-0.39, 0.29) is 0 Å². The zero-order chi connectivity index (χ0) is 10.7. The minimum Gasteiger partial charge on any atom is -0.396 e. The Morgan fingerprint density at radius 1 is 1.07 bits per heavy atom. The summed E-state index contributed by atoms with van der Waals surface area (Å²) in [6.07, 6.45) is 1.74. The largest absolute Gasteiger partial charge is 0.396 e. The van der Waals surface area contributed by atoms with Crippen LogP contribution in [0.3, 0.4) is 0 Å². The summed E-state index contributed by atoms with van der Waals surface area (Å²) in [5, 5.41) is 0. The quantitative estimate of drug-likeness (QED) is 0.807. The molecule has 2 N–H and O–H groups in total. The molecule has 0 atom stereocenters. The monoisotopic (exact) mass is 199 g/mol. The molecule has 1 aromatic heterocycles. The molecule has 3 heteroatoms. The van der Waals surface area contributed by atoms with E-state index in [0.29, 0.717) is 5.69 Å². The van der Waals surface area contributed by atoms with E-state index in [1.54, 1.807) is 6.20 Å². The Morgan fingerprint density at radius 2 is 1.80 bits per heavy atom. The van der Waals surface area contributed by atoms with Crippen LogP contribution in [0.2, 0.25) is 0 Å². The van der Waals surface area contributed by atoms with Gasteiger partial charge in [-0.1, -0.05) is 18.2 Å². The van der Waals surface area contributed by atoms with Crippen LogP contribution in [0.5, 0.6) is 0 Å². The van der Waals surface area contributed by atoms with Gasteiger partial charge in [0.25, 0.3) is 0 Å². The summed E-state index contributed by atoms with van der Waals surface area (Å²) < 4.78 is 0. The molecule has 0 aliphatic heterocycles. The number of hydrogen-bond donors (Lipinski definition) is 1. The van der Waals surface area contributed by atoms with Gasteiger partial charge in [-0.05, 0) is 24.3 Å². The number of hydrogen-bond acceptors (Lipinski definition) is 3. The molecule has 0 saturated carbocycles. The van der Waals surface area contributed by atoms with Crippen molar-refractivity contribution < 1.29 is 0 Å². The molecule has 0 saturated heterocycles. The Balaban J connectivity index is 2.37. The zero-order valence-electron chi connectivity index (χ0n) is 8.59. The number of nitrogens with zero attached hydrogens (tertiary/aromatic N) is 2. The highest BCUT2D eigenvalue weighted by Gasteiger charge is 2.06. The average molecular weight is 199 g/mol. The minimum absolute atomic E-state index is 0.684. The van der Waals surface area contributed by atoms with Crippen molar-refractivity contribution in [3.8, 4) is 0 Å². The molecule has 1 aromatic carbocycles. The molecule has 0 bridgehead atoms. The number of anilines is 3. The molecule has 15 heavy (non-hydrogen) atoms. The highest BCUT2D eigenvalue weighted by atomic mass is 15.2. The number of aromatic nitrogens is 1. The lowest BCUT2D eigenvalue weighted by molar-refractivity contribution is 1.13. The highest BCUT2D eigenvalue weighted by Crippen LogP contribution is 2.25. The van der Waals surface area contributed by atoms with Crippen molar-refractivity contribution in [2.75, 3.05) is 17.7 Å². The predicted molar refractivity (Wildman–Crippen MR) is 63.2 cm³/mol. The standard InChI is InChI=1S/C12H13N3/c1-15(10-6-3-2-4-7-10)12-11(13)8-5-9-14-12/h2-9H,13H2,1H3. The summed E-state index contributed by atoms with van der Waals surface area (Å²) in [6.45, 7) is 0. The van der Waals surface area contributed by atoms with Gasteiger partial charge in [-0.3, -0.25) is 0 Å². The number of nitrogens with two attached hydrogens (primary N) is 1. The van der Waals surface area contributed by atoms with E-state index in [1.165, 1.54) is 0 Å². The summed E-state index contributed by atoms with van der Waals surface area (Å²) in [7, 11) is 1.95. The molecule has 1 heterocycles. The molecule has 2 aromatic rings. The van der Waals surface area contributed by atoms with E-state index in [0.717, 1.165) is 11.5 Å². The van der Waals surface area contributed by atoms with E-state index in [2.05, 4.69) is 4.98 Å². The topological polar surface area (TPSA) is 42.2 Å². The normalized spacial score (nSPS) is 9.93. The Bertz CT molecular complexity index is 440. The Labute approximate surface area is 89.2 Å². The first-order chi connectivity index (χ1) is 7.29. The zero-order valence-corrected chi connectivity index (χ0v) is 8.59. The van der Waals surface area contributed by atoms with Gasteiger partial charge in [0.15, 0.2) is 5.82 Å². The Hall–Kier alpha value is -2.03. The summed E-state index contributed by atoms with van der Waals surface area (Å²) in [5.41, 5.74) is 7.61. The van der Waals surface area contributed by atoms with Gasteiger partial charge in [-0.2, -0.15) is 0 Å². The molecule has 0 radical (unpaired) electrons. The van der Waals surface area contributed by atoms with Crippen LogP contribution in [0.4, 0.5) is 17.2 Å². The summed E-state index contributed by atoms with van der Waals surface area (Å²) in [4.78, 5) is 6.22. The van der Waals surface area contributed by atoms with Gasteiger partial charge in [0.2, 0.25) is 0 Å². The molecule has 3 nitrogen and oxygen atoms in total. The van der Waals surface area contributed by atoms with Gasteiger partial charge in [-0.15, -0.1) is 0 Å². The lowest BCUT2D eigenvalue weighted by Crippen LogP contribution is -2.12. The van der Waals surface area contributed by atoms with Gasteiger partial charge in [0, 0.05) is 18.9 Å². The van der Waals surface area contributed by atoms with E-state index in [4.69, 9.17) is 5.73 Å². The molecule has 0 fully saturated rings. The maximum Gasteiger partial charge on any atom is 0.155 e. The first kappa shape index (κ1) is 9.52. The van der Waals surface area contributed by atoms with Gasteiger partial charge in [0.1, 0.15) is 0 Å². The predicted octanol–water partition coefficient (Wildman–Crippen LogP) is 2.43. The summed E-state index contributed by atoms with van der Waals surface area (Å²) in [6, 6.07) is 13.7. The average Bonchev–Trinajstić information content (AvgIpc) is 2.30. The maximum atomic E-state index is 5.85. The van der Waals surface area contributed by atoms with Crippen molar-refractivity contribution in [1.82, 2.24) is 4.98 Å². The number of rotatable bonds is 2. The fourth-order valence-corrected chi connectivity index (χ4v) is 1.46. The molecule has 76 valence electrons. The van der Waals surface area contributed by atoms with Crippen LogP contribution in [0.1, 0.15) is 0 Å². The van der Waals surface area contributed by atoms with Crippen molar-refractivity contribution in [2.45, 2.75) is 0 Å². The van der Waals surface area contributed by atoms with Gasteiger partial charge in [-0.25, -0.2) is 4.98 Å². The minimum atomic E-state index is 0.684. The van der Waals surface area contributed by atoms with Crippen LogP contribution < -0.4 is 10.6 Å². The fraction of sp³-hybridized carbons (Fsp3) is 0.0833. The van der Waals surface area contributed by atoms with Gasteiger partial charge >= 0.3 is 0 Å². The summed E-state index contributed by atoms with van der Waals surface area (Å²) >= 11 is 0. The second kappa shape index (κ2) is 4.00. The SMILES string of the molecule is CN(c1ccccc1)c1ncccc1N. The molecule has 0 aliphatic carbocycles. The van der Waals surface area contributed by atoms with Crippen molar-refractivity contribution in [2.24, 2.45) is 0 Å². The number of para-hydroxylation sites is 1. The first-order valence-electron chi connectivity index (χ1n) is 4.78. The molecule has 0 spiro atoms. The second-order valence-corrected chi connectivity index (χ2v) is 3.31. The summed E-state index contributed by atoms with van der Waals surface area (Å²) in [5.74, 6) is 0.781. The van der Waals surface area contributed by atoms with Crippen LogP contribution >= 0.6 is 0 Å². The second-order valence-electron chi connectivity index (χ2n) is 3.31. The van der Waals surface area contributed by atoms with Crippen molar-refractivity contribution in [3.05, 3.63) is 48.7 Å². The van der Waals surface area contributed by atoms with E-state index >= 15 is 0 Å². The van der Waals surface area contributed by atoms with Crippen LogP contribution in [0.15, 0.2) is 48.7 Å².